The van der Waals surface area contributed by atoms with E-state index in [1.807, 2.05) is 4.90 Å². The molecule has 1 aliphatic heterocycles. The molecule has 2 heterocycles. The van der Waals surface area contributed by atoms with Gasteiger partial charge in [0.25, 0.3) is 5.91 Å². The van der Waals surface area contributed by atoms with Crippen LogP contribution in [0.15, 0.2) is 6.07 Å². The maximum atomic E-state index is 12.2. The van der Waals surface area contributed by atoms with Crippen molar-refractivity contribution in [1.29, 1.82) is 0 Å². The van der Waals surface area contributed by atoms with Crippen LogP contribution in [0.25, 0.3) is 0 Å². The highest BCUT2D eigenvalue weighted by Crippen LogP contribution is 2.32. The van der Waals surface area contributed by atoms with Crippen LogP contribution in [0.4, 0.5) is 0 Å². The summed E-state index contributed by atoms with van der Waals surface area (Å²) in [5, 5.41) is 2.99. The normalized spacial score (nSPS) is 21.0. The highest BCUT2D eigenvalue weighted by atomic mass is 32.1. The number of carbonyl (C=O) groups is 2. The molecule has 1 fully saturated rings. The molecule has 0 saturated carbocycles. The Balaban J connectivity index is 1.45. The van der Waals surface area contributed by atoms with Crippen molar-refractivity contribution >= 4 is 23.2 Å². The van der Waals surface area contributed by atoms with Crippen molar-refractivity contribution in [2.45, 2.75) is 45.4 Å². The fourth-order valence-electron chi connectivity index (χ4n) is 3.32. The molecular weight excluding hydrogens is 296 g/mol. The quantitative estimate of drug-likeness (QED) is 0.848. The van der Waals surface area contributed by atoms with Crippen LogP contribution in [-0.4, -0.2) is 36.3 Å². The standard InChI is InChI=1S/C17H24N2O2S/c1-12-5-6-14-13(10-12)11-15(22-14)17(21)18-7-3-9-19-8-2-4-16(19)20/h11-12H,2-10H2,1H3,(H,18,21)/t12-/m1/s1. The summed E-state index contributed by atoms with van der Waals surface area (Å²) in [4.78, 5) is 27.9. The van der Waals surface area contributed by atoms with Gasteiger partial charge in [-0.25, -0.2) is 0 Å². The predicted molar refractivity (Wildman–Crippen MR) is 88.3 cm³/mol. The monoisotopic (exact) mass is 320 g/mol. The first-order chi connectivity index (χ1) is 10.6. The summed E-state index contributed by atoms with van der Waals surface area (Å²) in [5.74, 6) is 1.03. The van der Waals surface area contributed by atoms with Crippen LogP contribution in [-0.2, 0) is 17.6 Å². The summed E-state index contributed by atoms with van der Waals surface area (Å²) in [6.45, 7) is 4.56. The number of aryl methyl sites for hydroxylation is 1. The lowest BCUT2D eigenvalue weighted by Crippen LogP contribution is -2.30. The van der Waals surface area contributed by atoms with Gasteiger partial charge in [-0.15, -0.1) is 11.3 Å². The molecule has 1 aromatic rings. The minimum atomic E-state index is 0.0415. The molecule has 1 N–H and O–H groups in total. The van der Waals surface area contributed by atoms with Crippen LogP contribution in [0.3, 0.4) is 0 Å². The number of hydrogen-bond donors (Lipinski definition) is 1. The number of likely N-dealkylation sites (tertiary alicyclic amines) is 1. The zero-order valence-corrected chi connectivity index (χ0v) is 14.0. The third-order valence-corrected chi connectivity index (χ3v) is 5.85. The molecule has 0 unspecified atom stereocenters. The van der Waals surface area contributed by atoms with Gasteiger partial charge in [0.15, 0.2) is 0 Å². The van der Waals surface area contributed by atoms with E-state index in [1.165, 1.54) is 16.9 Å². The van der Waals surface area contributed by atoms with Crippen molar-refractivity contribution in [3.05, 3.63) is 21.4 Å². The van der Waals surface area contributed by atoms with Gasteiger partial charge in [-0.2, -0.15) is 0 Å². The van der Waals surface area contributed by atoms with Gasteiger partial charge >= 0.3 is 0 Å². The minimum absolute atomic E-state index is 0.0415. The topological polar surface area (TPSA) is 49.4 Å². The Morgan fingerprint density at radius 2 is 2.32 bits per heavy atom. The van der Waals surface area contributed by atoms with Gasteiger partial charge < -0.3 is 10.2 Å². The van der Waals surface area contributed by atoms with Crippen molar-refractivity contribution in [1.82, 2.24) is 10.2 Å². The van der Waals surface area contributed by atoms with E-state index in [0.29, 0.717) is 13.0 Å². The molecule has 0 spiro atoms. The third kappa shape index (κ3) is 3.51. The molecule has 1 aromatic heterocycles. The largest absolute Gasteiger partial charge is 0.351 e. The Morgan fingerprint density at radius 3 is 3.09 bits per heavy atom. The number of nitrogens with zero attached hydrogens (tertiary/aromatic N) is 1. The van der Waals surface area contributed by atoms with Gasteiger partial charge in [0.2, 0.25) is 5.91 Å². The molecule has 120 valence electrons. The van der Waals surface area contributed by atoms with Crippen molar-refractivity contribution < 1.29 is 9.59 Å². The zero-order valence-electron chi connectivity index (χ0n) is 13.2. The Kier molecular flexibility index (Phi) is 4.81. The molecule has 0 bridgehead atoms. The first-order valence-electron chi connectivity index (χ1n) is 8.31. The van der Waals surface area contributed by atoms with Gasteiger partial charge in [-0.05, 0) is 49.7 Å². The molecule has 1 aliphatic carbocycles. The second-order valence-corrected chi connectivity index (χ2v) is 7.64. The molecule has 0 aromatic carbocycles. The molecular formula is C17H24N2O2S. The first-order valence-corrected chi connectivity index (χ1v) is 9.12. The van der Waals surface area contributed by atoms with E-state index >= 15 is 0 Å². The van der Waals surface area contributed by atoms with Crippen molar-refractivity contribution in [2.24, 2.45) is 5.92 Å². The number of rotatable bonds is 5. The summed E-state index contributed by atoms with van der Waals surface area (Å²) < 4.78 is 0. The van der Waals surface area contributed by atoms with Crippen LogP contribution in [0, 0.1) is 5.92 Å². The maximum Gasteiger partial charge on any atom is 0.261 e. The second-order valence-electron chi connectivity index (χ2n) is 6.50. The Hall–Kier alpha value is -1.36. The van der Waals surface area contributed by atoms with E-state index in [-0.39, 0.29) is 11.8 Å². The first kappa shape index (κ1) is 15.5. The lowest BCUT2D eigenvalue weighted by molar-refractivity contribution is -0.127. The van der Waals surface area contributed by atoms with Crippen LogP contribution >= 0.6 is 11.3 Å². The number of amides is 2. The third-order valence-electron chi connectivity index (χ3n) is 4.61. The Morgan fingerprint density at radius 1 is 1.45 bits per heavy atom. The fourth-order valence-corrected chi connectivity index (χ4v) is 4.44. The van der Waals surface area contributed by atoms with Gasteiger partial charge in [0.05, 0.1) is 4.88 Å². The number of fused-ring (bicyclic) bond motifs is 1. The molecule has 0 radical (unpaired) electrons. The lowest BCUT2D eigenvalue weighted by atomic mass is 9.90. The lowest BCUT2D eigenvalue weighted by Gasteiger charge is -2.16. The van der Waals surface area contributed by atoms with Gasteiger partial charge in [-0.3, -0.25) is 9.59 Å². The smallest absolute Gasteiger partial charge is 0.261 e. The van der Waals surface area contributed by atoms with Crippen LogP contribution in [0.5, 0.6) is 0 Å². The molecule has 2 amide bonds. The summed E-state index contributed by atoms with van der Waals surface area (Å²) in [6, 6.07) is 2.08. The van der Waals surface area contributed by atoms with E-state index in [4.69, 9.17) is 0 Å². The average Bonchev–Trinajstić information content (AvgIpc) is 3.09. The Bertz CT molecular complexity index is 567. The fraction of sp³-hybridized carbons (Fsp3) is 0.647. The van der Waals surface area contributed by atoms with Crippen LogP contribution in [0.1, 0.15) is 52.7 Å². The summed E-state index contributed by atoms with van der Waals surface area (Å²) >= 11 is 1.65. The minimum Gasteiger partial charge on any atom is -0.351 e. The molecule has 3 rings (SSSR count). The molecule has 1 atom stereocenters. The number of thiophene rings is 1. The van der Waals surface area contributed by atoms with E-state index in [2.05, 4.69) is 18.3 Å². The maximum absolute atomic E-state index is 12.2. The van der Waals surface area contributed by atoms with Crippen LogP contribution in [0.2, 0.25) is 0 Å². The van der Waals surface area contributed by atoms with Crippen molar-refractivity contribution in [2.75, 3.05) is 19.6 Å². The van der Waals surface area contributed by atoms with E-state index in [1.54, 1.807) is 11.3 Å². The number of hydrogen-bond acceptors (Lipinski definition) is 3. The van der Waals surface area contributed by atoms with Gasteiger partial charge in [-0.1, -0.05) is 6.92 Å². The second kappa shape index (κ2) is 6.82. The molecule has 5 heteroatoms. The van der Waals surface area contributed by atoms with Crippen LogP contribution < -0.4 is 5.32 Å². The van der Waals surface area contributed by atoms with Crippen molar-refractivity contribution in [3.63, 3.8) is 0 Å². The highest BCUT2D eigenvalue weighted by Gasteiger charge is 2.21. The van der Waals surface area contributed by atoms with E-state index < -0.39 is 0 Å². The van der Waals surface area contributed by atoms with E-state index in [9.17, 15) is 9.59 Å². The molecule has 2 aliphatic rings. The zero-order chi connectivity index (χ0) is 15.5. The van der Waals surface area contributed by atoms with Gasteiger partial charge in [0.1, 0.15) is 0 Å². The molecule has 1 saturated heterocycles. The summed E-state index contributed by atoms with van der Waals surface area (Å²) in [7, 11) is 0. The SMILES string of the molecule is C[C@@H]1CCc2sc(C(=O)NCCCN3CCCC3=O)cc2C1. The average molecular weight is 320 g/mol. The van der Waals surface area contributed by atoms with Crippen molar-refractivity contribution in [3.8, 4) is 0 Å². The van der Waals surface area contributed by atoms with E-state index in [0.717, 1.165) is 49.6 Å². The number of carbonyl (C=O) groups excluding carboxylic acids is 2. The molecule has 22 heavy (non-hydrogen) atoms. The van der Waals surface area contributed by atoms with Gasteiger partial charge in [0, 0.05) is 30.9 Å². The number of nitrogens with one attached hydrogen (secondary N) is 1. The predicted octanol–water partition coefficient (Wildman–Crippen LogP) is 2.62. The Labute approximate surface area is 135 Å². The highest BCUT2D eigenvalue weighted by molar-refractivity contribution is 7.14. The molecule has 4 nitrogen and oxygen atoms in total. The summed E-state index contributed by atoms with van der Waals surface area (Å²) in [6.07, 6.45) is 5.95. The summed E-state index contributed by atoms with van der Waals surface area (Å²) in [5.41, 5.74) is 1.37.